The van der Waals surface area contributed by atoms with E-state index in [-0.39, 0.29) is 17.9 Å². The summed E-state index contributed by atoms with van der Waals surface area (Å²) in [5, 5.41) is 8.89. The first-order valence-corrected chi connectivity index (χ1v) is 8.40. The third-order valence-corrected chi connectivity index (χ3v) is 4.76. The number of rotatable bonds is 1. The van der Waals surface area contributed by atoms with Crippen LogP contribution in [0.25, 0.3) is 0 Å². The monoisotopic (exact) mass is 317 g/mol. The minimum absolute atomic E-state index is 0.0468. The van der Waals surface area contributed by atoms with Gasteiger partial charge in [0, 0.05) is 0 Å². The van der Waals surface area contributed by atoms with Crippen molar-refractivity contribution in [2.45, 2.75) is 25.3 Å². The summed E-state index contributed by atoms with van der Waals surface area (Å²) >= 11 is 0. The van der Waals surface area contributed by atoms with Crippen molar-refractivity contribution < 1.29 is 18.5 Å². The Morgan fingerprint density at radius 2 is 2.14 bits per heavy atom. The fourth-order valence-electron chi connectivity index (χ4n) is 3.03. The topological polar surface area (TPSA) is 97.4 Å². The van der Waals surface area contributed by atoms with Crippen LogP contribution < -0.4 is 9.05 Å². The summed E-state index contributed by atoms with van der Waals surface area (Å²) in [6.45, 7) is 0. The molecule has 1 unspecified atom stereocenters. The van der Waals surface area contributed by atoms with Gasteiger partial charge in [-0.2, -0.15) is 10.2 Å². The number of fused-ring (bicyclic) bond motifs is 5. The molecule has 0 spiro atoms. The Balaban J connectivity index is 1.81. The predicted octanol–water partition coefficient (Wildman–Crippen LogP) is 2.55. The van der Waals surface area contributed by atoms with Crippen molar-refractivity contribution in [3.05, 3.63) is 41.1 Å². The van der Waals surface area contributed by atoms with Crippen molar-refractivity contribution in [2.24, 2.45) is 0 Å². The number of phosphoric ester groups is 1. The number of hydrogen-bond acceptors (Lipinski definition) is 5. The molecule has 112 valence electrons. The molecule has 2 bridgehead atoms. The summed E-state index contributed by atoms with van der Waals surface area (Å²) in [5.74, 6) is 0.186. The zero-order valence-corrected chi connectivity index (χ0v) is 12.4. The fraction of sp³-hybridized carbons (Fsp3) is 0.286. The summed E-state index contributed by atoms with van der Waals surface area (Å²) in [7, 11) is -4.11. The van der Waals surface area contributed by atoms with Crippen LogP contribution in [0.4, 0.5) is 0 Å². The van der Waals surface area contributed by atoms with E-state index >= 15 is 0 Å². The van der Waals surface area contributed by atoms with Crippen LogP contribution in [0.1, 0.15) is 35.7 Å². The van der Waals surface area contributed by atoms with Crippen LogP contribution in [-0.2, 0) is 11.0 Å². The van der Waals surface area contributed by atoms with E-state index in [1.807, 2.05) is 16.7 Å². The first kappa shape index (κ1) is 13.4. The maximum absolute atomic E-state index is 11.7. The van der Waals surface area contributed by atoms with Crippen molar-refractivity contribution in [2.75, 3.05) is 0 Å². The Bertz CT molecular complexity index is 837. The molecule has 0 radical (unpaired) electrons. The second kappa shape index (κ2) is 4.60. The quantitative estimate of drug-likeness (QED) is 0.812. The highest BCUT2D eigenvalue weighted by Crippen LogP contribution is 2.53. The molecule has 2 aliphatic heterocycles. The van der Waals surface area contributed by atoms with Gasteiger partial charge in [-0.15, -0.1) is 0 Å². The molecule has 4 rings (SSSR count). The third-order valence-electron chi connectivity index (χ3n) is 3.97. The molecular weight excluding hydrogens is 305 g/mol. The molecule has 22 heavy (non-hydrogen) atoms. The third kappa shape index (κ3) is 2.00. The normalized spacial score (nSPS) is 25.5. The molecule has 8 heteroatoms. The highest BCUT2D eigenvalue weighted by atomic mass is 31.2. The van der Waals surface area contributed by atoms with E-state index in [1.54, 1.807) is 12.1 Å². The van der Waals surface area contributed by atoms with Crippen molar-refractivity contribution in [3.8, 4) is 18.0 Å². The largest absolute Gasteiger partial charge is 0.588 e. The van der Waals surface area contributed by atoms with E-state index in [4.69, 9.17) is 14.3 Å². The SMILES string of the molecule is N#Cc1ccc([C@H]2CCCc3c4nc(n32)OP(=O)(O)O4)cc1. The number of nitrogens with zero attached hydrogens (tertiary/aromatic N) is 3. The van der Waals surface area contributed by atoms with E-state index in [1.165, 1.54) is 0 Å². The average molecular weight is 317 g/mol. The maximum Gasteiger partial charge on any atom is 0.588 e. The molecule has 1 N–H and O–H groups in total. The molecule has 1 aromatic heterocycles. The van der Waals surface area contributed by atoms with E-state index in [9.17, 15) is 9.46 Å². The van der Waals surface area contributed by atoms with Crippen LogP contribution in [-0.4, -0.2) is 14.4 Å². The molecule has 2 aromatic rings. The van der Waals surface area contributed by atoms with Crippen LogP contribution in [0.2, 0.25) is 0 Å². The van der Waals surface area contributed by atoms with Gasteiger partial charge in [-0.3, -0.25) is 9.46 Å². The lowest BCUT2D eigenvalue weighted by Gasteiger charge is -2.26. The molecule has 0 saturated carbocycles. The Hall–Kier alpha value is -2.29. The highest BCUT2D eigenvalue weighted by Gasteiger charge is 2.41. The Morgan fingerprint density at radius 3 is 2.86 bits per heavy atom. The fourth-order valence-corrected chi connectivity index (χ4v) is 3.77. The zero-order valence-electron chi connectivity index (χ0n) is 11.5. The van der Waals surface area contributed by atoms with Gasteiger partial charge in [-0.25, -0.2) is 4.57 Å². The van der Waals surface area contributed by atoms with Gasteiger partial charge in [0.1, 0.15) is 0 Å². The molecule has 0 amide bonds. The Labute approximate surface area is 126 Å². The second-order valence-corrected chi connectivity index (χ2v) is 6.61. The first-order valence-electron chi connectivity index (χ1n) is 6.90. The van der Waals surface area contributed by atoms with Crippen LogP contribution in [0.5, 0.6) is 11.9 Å². The number of phosphoric acid groups is 1. The molecule has 2 atom stereocenters. The minimum Gasteiger partial charge on any atom is -0.375 e. The van der Waals surface area contributed by atoms with Crippen LogP contribution in [0.15, 0.2) is 24.3 Å². The van der Waals surface area contributed by atoms with Gasteiger partial charge < -0.3 is 9.05 Å². The van der Waals surface area contributed by atoms with Gasteiger partial charge in [0.15, 0.2) is 0 Å². The smallest absolute Gasteiger partial charge is 0.375 e. The molecule has 0 saturated heterocycles. The molecule has 3 heterocycles. The molecule has 1 aromatic carbocycles. The van der Waals surface area contributed by atoms with Crippen LogP contribution in [0.3, 0.4) is 0 Å². The minimum atomic E-state index is -4.11. The lowest BCUT2D eigenvalue weighted by Crippen LogP contribution is -2.18. The molecule has 0 aliphatic carbocycles. The van der Waals surface area contributed by atoms with Gasteiger partial charge in [0.2, 0.25) is 5.88 Å². The molecular formula is C14H12N3O4P. The van der Waals surface area contributed by atoms with Gasteiger partial charge in [-0.1, -0.05) is 12.1 Å². The predicted molar refractivity (Wildman–Crippen MR) is 75.5 cm³/mol. The van der Waals surface area contributed by atoms with Gasteiger partial charge in [-0.05, 0) is 37.0 Å². The number of aromatic nitrogens is 2. The second-order valence-electron chi connectivity index (χ2n) is 5.31. The van der Waals surface area contributed by atoms with Crippen molar-refractivity contribution in [1.29, 1.82) is 5.26 Å². The Morgan fingerprint density at radius 1 is 1.36 bits per heavy atom. The number of nitriles is 1. The summed E-state index contributed by atoms with van der Waals surface area (Å²) in [6.07, 6.45) is 2.50. The number of imidazole rings is 1. The maximum atomic E-state index is 11.7. The van der Waals surface area contributed by atoms with Gasteiger partial charge in [0.05, 0.1) is 23.4 Å². The summed E-state index contributed by atoms with van der Waals surface area (Å²) in [5.41, 5.74) is 2.38. The number of hydrogen-bond donors (Lipinski definition) is 1. The number of benzene rings is 1. The Kier molecular flexibility index (Phi) is 2.80. The van der Waals surface area contributed by atoms with Crippen molar-refractivity contribution in [1.82, 2.24) is 9.55 Å². The van der Waals surface area contributed by atoms with E-state index in [0.29, 0.717) is 5.56 Å². The summed E-state index contributed by atoms with van der Waals surface area (Å²) < 4.78 is 23.5. The highest BCUT2D eigenvalue weighted by molar-refractivity contribution is 7.48. The van der Waals surface area contributed by atoms with Crippen molar-refractivity contribution in [3.63, 3.8) is 0 Å². The lowest BCUT2D eigenvalue weighted by atomic mass is 9.95. The van der Waals surface area contributed by atoms with Crippen LogP contribution >= 0.6 is 7.82 Å². The molecule has 0 fully saturated rings. The molecule has 7 nitrogen and oxygen atoms in total. The van der Waals surface area contributed by atoms with E-state index in [0.717, 1.165) is 30.5 Å². The first-order chi connectivity index (χ1) is 10.6. The van der Waals surface area contributed by atoms with E-state index in [2.05, 4.69) is 11.1 Å². The van der Waals surface area contributed by atoms with Gasteiger partial charge in [0.25, 0.3) is 0 Å². The lowest BCUT2D eigenvalue weighted by molar-refractivity contribution is 0.262. The van der Waals surface area contributed by atoms with Crippen molar-refractivity contribution >= 4 is 7.82 Å². The molecule has 2 aliphatic rings. The van der Waals surface area contributed by atoms with Gasteiger partial charge >= 0.3 is 13.8 Å². The summed E-state index contributed by atoms with van der Waals surface area (Å²) in [4.78, 5) is 13.7. The summed E-state index contributed by atoms with van der Waals surface area (Å²) in [6, 6.07) is 9.46. The van der Waals surface area contributed by atoms with Crippen LogP contribution in [0, 0.1) is 11.3 Å². The standard InChI is InChI=1S/C14H12N3O4P/c15-8-9-4-6-10(7-5-9)11-2-1-3-12-13-16-14(17(11)12)21-22(18,19)20-13/h4-7,11H,1-3H2,(H,18,19)/t11-/m1/s1. The van der Waals surface area contributed by atoms with E-state index < -0.39 is 7.82 Å². The average Bonchev–Trinajstić information content (AvgIpc) is 2.79. The zero-order chi connectivity index (χ0) is 15.3.